The molecule has 0 radical (unpaired) electrons. The van der Waals surface area contributed by atoms with Crippen LogP contribution in [-0.4, -0.2) is 85.2 Å². The van der Waals surface area contributed by atoms with E-state index in [1.165, 1.54) is 5.56 Å². The van der Waals surface area contributed by atoms with Crippen molar-refractivity contribution in [2.24, 2.45) is 0 Å². The fraction of sp³-hybridized carbons (Fsp3) is 0.520. The maximum atomic E-state index is 12.8. The molecule has 11 nitrogen and oxygen atoms in total. The van der Waals surface area contributed by atoms with E-state index in [-0.39, 0.29) is 30.1 Å². The van der Waals surface area contributed by atoms with E-state index in [0.717, 1.165) is 56.1 Å². The smallest absolute Gasteiger partial charge is 0.319 e. The van der Waals surface area contributed by atoms with E-state index < -0.39 is 15.7 Å². The van der Waals surface area contributed by atoms with Crippen LogP contribution in [0.15, 0.2) is 30.6 Å². The molecule has 2 saturated heterocycles. The van der Waals surface area contributed by atoms with Crippen molar-refractivity contribution in [2.45, 2.75) is 37.7 Å². The number of ether oxygens (including phenoxy) is 2. The Kier molecular flexibility index (Phi) is 7.56. The lowest BCUT2D eigenvalue weighted by Crippen LogP contribution is -2.34. The van der Waals surface area contributed by atoms with E-state index in [2.05, 4.69) is 42.4 Å². The maximum absolute atomic E-state index is 12.8. The molecule has 2 fully saturated rings. The fourth-order valence-corrected chi connectivity index (χ4v) is 5.35. The Bertz CT molecular complexity index is 1350. The van der Waals surface area contributed by atoms with Crippen LogP contribution in [0.3, 0.4) is 0 Å². The highest BCUT2D eigenvalue weighted by atomic mass is 32.2. The van der Waals surface area contributed by atoms with Crippen LogP contribution in [0.25, 0.3) is 11.0 Å². The van der Waals surface area contributed by atoms with Gasteiger partial charge in [-0.15, -0.1) is 0 Å². The number of fused-ring (bicyclic) bond motifs is 1. The summed E-state index contributed by atoms with van der Waals surface area (Å²) in [6.45, 7) is 2.55. The molecule has 3 aromatic rings. The minimum absolute atomic E-state index is 0.00792. The predicted molar refractivity (Wildman–Crippen MR) is 139 cm³/mol. The lowest BCUT2D eigenvalue weighted by atomic mass is 9.89. The third kappa shape index (κ3) is 6.37. The van der Waals surface area contributed by atoms with Crippen molar-refractivity contribution >= 4 is 32.6 Å². The third-order valence-electron chi connectivity index (χ3n) is 6.85. The van der Waals surface area contributed by atoms with Crippen molar-refractivity contribution in [3.8, 4) is 6.01 Å². The van der Waals surface area contributed by atoms with Crippen molar-refractivity contribution in [2.75, 3.05) is 49.8 Å². The van der Waals surface area contributed by atoms with Gasteiger partial charge in [0.05, 0.1) is 11.9 Å². The zero-order chi connectivity index (χ0) is 25.8. The molecule has 2 aliphatic heterocycles. The summed E-state index contributed by atoms with van der Waals surface area (Å²) in [5.41, 5.74) is 2.32. The Hall–Kier alpha value is -3.25. The molecule has 5 rings (SSSR count). The van der Waals surface area contributed by atoms with Gasteiger partial charge in [0, 0.05) is 56.3 Å². The summed E-state index contributed by atoms with van der Waals surface area (Å²) >= 11 is 0. The molecule has 5 heterocycles. The zero-order valence-corrected chi connectivity index (χ0v) is 21.7. The average molecular weight is 529 g/mol. The highest BCUT2D eigenvalue weighted by Crippen LogP contribution is 2.34. The number of aromatic amines is 1. The number of amides is 1. The Morgan fingerprint density at radius 2 is 2.11 bits per heavy atom. The van der Waals surface area contributed by atoms with Crippen LogP contribution >= 0.6 is 0 Å². The number of nitrogens with zero attached hydrogens (tertiary/aromatic N) is 4. The molecule has 37 heavy (non-hydrogen) atoms. The Balaban J connectivity index is 1.30. The van der Waals surface area contributed by atoms with Crippen molar-refractivity contribution in [1.29, 1.82) is 0 Å². The summed E-state index contributed by atoms with van der Waals surface area (Å²) in [7, 11) is -3.19. The van der Waals surface area contributed by atoms with Gasteiger partial charge in [-0.3, -0.25) is 4.79 Å². The molecule has 2 aliphatic rings. The predicted octanol–water partition coefficient (Wildman–Crippen LogP) is 2.07. The number of rotatable bonds is 9. The van der Waals surface area contributed by atoms with Crippen molar-refractivity contribution < 1.29 is 22.7 Å². The Morgan fingerprint density at radius 1 is 1.27 bits per heavy atom. The number of aromatic nitrogens is 4. The maximum Gasteiger partial charge on any atom is 0.319 e. The second-order valence-electron chi connectivity index (χ2n) is 9.63. The summed E-state index contributed by atoms with van der Waals surface area (Å²) in [5.74, 6) is 0.403. The highest BCUT2D eigenvalue weighted by Gasteiger charge is 2.26. The summed E-state index contributed by atoms with van der Waals surface area (Å²) in [5, 5.41) is 3.79. The minimum Gasteiger partial charge on any atom is -0.461 e. The number of carbonyl (C=O) groups excluding carboxylic acids is 1. The zero-order valence-electron chi connectivity index (χ0n) is 20.9. The molecule has 0 aromatic carbocycles. The number of carbonyl (C=O) groups is 1. The summed E-state index contributed by atoms with van der Waals surface area (Å²) in [4.78, 5) is 31.5. The van der Waals surface area contributed by atoms with Crippen LogP contribution < -0.4 is 15.0 Å². The molecule has 1 unspecified atom stereocenters. The first-order valence-electron chi connectivity index (χ1n) is 12.6. The quantitative estimate of drug-likeness (QED) is 0.427. The van der Waals surface area contributed by atoms with E-state index in [1.807, 2.05) is 6.07 Å². The van der Waals surface area contributed by atoms with Gasteiger partial charge < -0.3 is 24.7 Å². The van der Waals surface area contributed by atoms with E-state index in [1.54, 1.807) is 12.3 Å². The second-order valence-corrected chi connectivity index (χ2v) is 11.9. The number of pyridine rings is 1. The van der Waals surface area contributed by atoms with E-state index in [9.17, 15) is 13.2 Å². The normalized spacial score (nSPS) is 18.8. The molecule has 1 amide bonds. The van der Waals surface area contributed by atoms with Crippen molar-refractivity contribution in [3.63, 3.8) is 0 Å². The number of H-pyrrole nitrogens is 1. The molecule has 0 saturated carbocycles. The van der Waals surface area contributed by atoms with E-state index in [4.69, 9.17) is 9.47 Å². The molecule has 12 heteroatoms. The molecule has 2 N–H and O–H groups in total. The minimum atomic E-state index is -3.19. The van der Waals surface area contributed by atoms with E-state index in [0.29, 0.717) is 24.9 Å². The van der Waals surface area contributed by atoms with Gasteiger partial charge >= 0.3 is 6.01 Å². The first-order chi connectivity index (χ1) is 17.9. The Labute approximate surface area is 215 Å². The van der Waals surface area contributed by atoms with Gasteiger partial charge in [-0.2, -0.15) is 9.97 Å². The Morgan fingerprint density at radius 3 is 2.86 bits per heavy atom. The monoisotopic (exact) mass is 528 g/mol. The molecule has 0 bridgehead atoms. The van der Waals surface area contributed by atoms with Crippen molar-refractivity contribution in [1.82, 2.24) is 25.3 Å². The number of hydrogen-bond acceptors (Lipinski definition) is 9. The van der Waals surface area contributed by atoms with Gasteiger partial charge in [0.1, 0.15) is 33.6 Å². The molecular formula is C25H32N6O5S. The fourth-order valence-electron chi connectivity index (χ4n) is 4.87. The topological polar surface area (TPSA) is 139 Å². The molecule has 0 aliphatic carbocycles. The van der Waals surface area contributed by atoms with Crippen LogP contribution in [-0.2, 0) is 14.6 Å². The number of piperidine rings is 1. The lowest BCUT2D eigenvalue weighted by molar-refractivity contribution is 0.0644. The molecule has 198 valence electrons. The highest BCUT2D eigenvalue weighted by molar-refractivity contribution is 7.90. The number of sulfone groups is 1. The van der Waals surface area contributed by atoms with Crippen LogP contribution in [0.5, 0.6) is 6.01 Å². The first kappa shape index (κ1) is 25.4. The van der Waals surface area contributed by atoms with Crippen LogP contribution in [0.1, 0.15) is 47.7 Å². The molecule has 0 spiro atoms. The van der Waals surface area contributed by atoms with Crippen LogP contribution in [0.4, 0.5) is 5.82 Å². The number of nitrogens with one attached hydrogen (secondary N) is 2. The third-order valence-corrected chi connectivity index (χ3v) is 7.79. The van der Waals surface area contributed by atoms with Gasteiger partial charge in [-0.1, -0.05) is 0 Å². The summed E-state index contributed by atoms with van der Waals surface area (Å²) in [6, 6.07) is 5.81. The molecular weight excluding hydrogens is 496 g/mol. The SMILES string of the molecule is CS(=O)(=O)CCNC(=O)c1cc(N2CCC(c3c[nH]c4ncccc34)CC2)nc(OCC2CCCO2)n1. The lowest BCUT2D eigenvalue weighted by Gasteiger charge is -2.33. The largest absolute Gasteiger partial charge is 0.461 e. The van der Waals surface area contributed by atoms with Gasteiger partial charge in [-0.05, 0) is 49.3 Å². The summed E-state index contributed by atoms with van der Waals surface area (Å²) in [6.07, 6.45) is 8.71. The van der Waals surface area contributed by atoms with Gasteiger partial charge in [-0.25, -0.2) is 13.4 Å². The van der Waals surface area contributed by atoms with Crippen LogP contribution in [0, 0.1) is 0 Å². The average Bonchev–Trinajstić information content (AvgIpc) is 3.57. The number of anilines is 1. The van der Waals surface area contributed by atoms with Crippen molar-refractivity contribution in [3.05, 3.63) is 41.9 Å². The first-order valence-corrected chi connectivity index (χ1v) is 14.7. The standard InChI is InChI=1S/C25H32N6O5S/c1-37(33,34)13-9-27-24(32)21-14-22(30-25(29-21)36-16-18-4-3-12-35-18)31-10-6-17(7-11-31)20-15-28-23-19(20)5-2-8-26-23/h2,5,8,14-15,17-18H,3-4,6-7,9-13,16H2,1H3,(H,26,28)(H,27,32). The van der Waals surface area contributed by atoms with Gasteiger partial charge in [0.25, 0.3) is 5.91 Å². The van der Waals surface area contributed by atoms with Gasteiger partial charge in [0.15, 0.2) is 0 Å². The summed E-state index contributed by atoms with van der Waals surface area (Å²) < 4.78 is 34.3. The number of hydrogen-bond donors (Lipinski definition) is 2. The van der Waals surface area contributed by atoms with Gasteiger partial charge in [0.2, 0.25) is 0 Å². The second kappa shape index (κ2) is 11.0. The van der Waals surface area contributed by atoms with Crippen LogP contribution in [0.2, 0.25) is 0 Å². The molecule has 3 aromatic heterocycles. The van der Waals surface area contributed by atoms with E-state index >= 15 is 0 Å². The molecule has 1 atom stereocenters.